The minimum Gasteiger partial charge on any atom is -0.310 e. The highest BCUT2D eigenvalue weighted by molar-refractivity contribution is 5.13. The van der Waals surface area contributed by atoms with Crippen molar-refractivity contribution in [1.82, 2.24) is 5.32 Å². The molecule has 1 N–H and O–H groups in total. The Balaban J connectivity index is 2.03. The van der Waals surface area contributed by atoms with Gasteiger partial charge in [-0.05, 0) is 51.0 Å². The zero-order valence-electron chi connectivity index (χ0n) is 12.9. The molecule has 0 aliphatic heterocycles. The van der Waals surface area contributed by atoms with Crippen LogP contribution in [0.5, 0.6) is 0 Å². The molecule has 0 heterocycles. The lowest BCUT2D eigenvalue weighted by Gasteiger charge is -2.30. The number of likely N-dealkylation sites (N-methyl/N-ethyl adjacent to an activating group) is 1. The molecule has 0 bridgehead atoms. The summed E-state index contributed by atoms with van der Waals surface area (Å²) >= 11 is 0. The van der Waals surface area contributed by atoms with E-state index in [9.17, 15) is 0 Å². The lowest BCUT2D eigenvalue weighted by Crippen LogP contribution is -2.38. The third-order valence-electron chi connectivity index (χ3n) is 5.02. The molecule has 110 valence electrons. The second-order valence-electron chi connectivity index (χ2n) is 6.52. The molecule has 0 amide bonds. The molecule has 0 saturated heterocycles. The van der Waals surface area contributed by atoms with Gasteiger partial charge in [-0.25, -0.2) is 0 Å². The van der Waals surface area contributed by atoms with Crippen molar-refractivity contribution in [1.29, 1.82) is 0 Å². The number of hydrogen-bond acceptors (Lipinski definition) is 1. The van der Waals surface area contributed by atoms with Crippen LogP contribution in [-0.4, -0.2) is 12.6 Å². The minimum atomic E-state index is 0.696. The van der Waals surface area contributed by atoms with Crippen molar-refractivity contribution in [2.75, 3.05) is 6.54 Å². The van der Waals surface area contributed by atoms with Gasteiger partial charge in [0.25, 0.3) is 0 Å². The van der Waals surface area contributed by atoms with Gasteiger partial charge in [0.05, 0.1) is 0 Å². The molecule has 0 aromatic rings. The molecule has 0 aromatic heterocycles. The molecular formula is C18H33N. The predicted octanol–water partition coefficient (Wildman–Crippen LogP) is 5.22. The van der Waals surface area contributed by atoms with Crippen molar-refractivity contribution >= 4 is 0 Å². The topological polar surface area (TPSA) is 12.0 Å². The molecule has 1 fully saturated rings. The molecule has 0 aromatic carbocycles. The van der Waals surface area contributed by atoms with E-state index in [-0.39, 0.29) is 0 Å². The van der Waals surface area contributed by atoms with Crippen LogP contribution in [0.25, 0.3) is 0 Å². The Hall–Kier alpha value is -0.300. The Morgan fingerprint density at radius 2 is 1.68 bits per heavy atom. The van der Waals surface area contributed by atoms with Crippen LogP contribution < -0.4 is 5.32 Å². The summed E-state index contributed by atoms with van der Waals surface area (Å²) in [4.78, 5) is 0. The number of nitrogens with one attached hydrogen (secondary N) is 1. The summed E-state index contributed by atoms with van der Waals surface area (Å²) in [5.41, 5.74) is 1.76. The Bertz CT molecular complexity index is 261. The number of rotatable bonds is 4. The predicted molar refractivity (Wildman–Crippen MR) is 84.4 cm³/mol. The maximum absolute atomic E-state index is 3.83. The molecule has 1 saturated carbocycles. The van der Waals surface area contributed by atoms with Crippen molar-refractivity contribution in [3.8, 4) is 0 Å². The lowest BCUT2D eigenvalue weighted by molar-refractivity contribution is 0.348. The van der Waals surface area contributed by atoms with E-state index in [1.807, 2.05) is 0 Å². The van der Waals surface area contributed by atoms with E-state index < -0.39 is 0 Å². The van der Waals surface area contributed by atoms with Gasteiger partial charge < -0.3 is 5.32 Å². The van der Waals surface area contributed by atoms with Crippen LogP contribution in [0.1, 0.15) is 84.0 Å². The Labute approximate surface area is 120 Å². The average molecular weight is 263 g/mol. The van der Waals surface area contributed by atoms with Crippen molar-refractivity contribution < 1.29 is 0 Å². The van der Waals surface area contributed by atoms with Gasteiger partial charge in [-0.15, -0.1) is 0 Å². The summed E-state index contributed by atoms with van der Waals surface area (Å²) < 4.78 is 0. The summed E-state index contributed by atoms with van der Waals surface area (Å²) in [7, 11) is 0. The molecule has 2 aliphatic rings. The highest BCUT2D eigenvalue weighted by atomic mass is 14.9. The summed E-state index contributed by atoms with van der Waals surface area (Å²) in [6.07, 6.45) is 19.7. The van der Waals surface area contributed by atoms with Gasteiger partial charge in [0.15, 0.2) is 0 Å². The molecule has 1 heteroatoms. The maximum Gasteiger partial charge on any atom is 0.0307 e. The molecule has 1 atom stereocenters. The van der Waals surface area contributed by atoms with Crippen molar-refractivity contribution in [3.05, 3.63) is 11.6 Å². The van der Waals surface area contributed by atoms with Crippen LogP contribution in [0.15, 0.2) is 11.6 Å². The number of allylic oxidation sites excluding steroid dienone is 1. The third-order valence-corrected chi connectivity index (χ3v) is 5.02. The minimum absolute atomic E-state index is 0.696. The standard InChI is InChI=1S/C18H33N/c1-2-19-18(17-14-10-6-7-11-15-17)16-12-8-4-3-5-9-13-16/h12,17-19H,2-11,13-15H2,1H3. The Morgan fingerprint density at radius 3 is 2.42 bits per heavy atom. The van der Waals surface area contributed by atoms with E-state index >= 15 is 0 Å². The molecule has 0 radical (unpaired) electrons. The Morgan fingerprint density at radius 1 is 1.00 bits per heavy atom. The first-order valence-electron chi connectivity index (χ1n) is 8.84. The SMILES string of the molecule is CCNC(C1=CCCCCCC1)C1CCCCCC1. The van der Waals surface area contributed by atoms with Crippen LogP contribution in [0, 0.1) is 5.92 Å². The van der Waals surface area contributed by atoms with Gasteiger partial charge in [-0.3, -0.25) is 0 Å². The first-order chi connectivity index (χ1) is 9.42. The zero-order valence-corrected chi connectivity index (χ0v) is 12.9. The molecule has 1 unspecified atom stereocenters. The average Bonchev–Trinajstić information content (AvgIpc) is 2.65. The first-order valence-corrected chi connectivity index (χ1v) is 8.84. The van der Waals surface area contributed by atoms with Gasteiger partial charge in [0.1, 0.15) is 0 Å². The van der Waals surface area contributed by atoms with Gasteiger partial charge in [-0.2, -0.15) is 0 Å². The second-order valence-corrected chi connectivity index (χ2v) is 6.52. The second kappa shape index (κ2) is 8.79. The van der Waals surface area contributed by atoms with E-state index in [2.05, 4.69) is 18.3 Å². The van der Waals surface area contributed by atoms with Crippen molar-refractivity contribution in [2.24, 2.45) is 5.92 Å². The summed E-state index contributed by atoms with van der Waals surface area (Å²) in [5, 5.41) is 3.83. The highest BCUT2D eigenvalue weighted by Gasteiger charge is 2.25. The maximum atomic E-state index is 3.83. The van der Waals surface area contributed by atoms with Crippen LogP contribution in [0.2, 0.25) is 0 Å². The van der Waals surface area contributed by atoms with E-state index in [0.717, 1.165) is 12.5 Å². The van der Waals surface area contributed by atoms with Crippen molar-refractivity contribution in [3.63, 3.8) is 0 Å². The lowest BCUT2D eigenvalue weighted by atomic mass is 9.83. The van der Waals surface area contributed by atoms with Crippen LogP contribution in [-0.2, 0) is 0 Å². The number of hydrogen-bond donors (Lipinski definition) is 1. The fraction of sp³-hybridized carbons (Fsp3) is 0.889. The van der Waals surface area contributed by atoms with Gasteiger partial charge in [-0.1, -0.05) is 57.1 Å². The zero-order chi connectivity index (χ0) is 13.3. The van der Waals surface area contributed by atoms with Gasteiger partial charge in [0.2, 0.25) is 0 Å². The summed E-state index contributed by atoms with van der Waals surface area (Å²) in [6.45, 7) is 3.39. The fourth-order valence-corrected chi connectivity index (χ4v) is 3.96. The smallest absolute Gasteiger partial charge is 0.0307 e. The monoisotopic (exact) mass is 263 g/mol. The molecule has 2 aliphatic carbocycles. The molecule has 2 rings (SSSR count). The first kappa shape index (κ1) is 15.1. The Kier molecular flexibility index (Phi) is 6.98. The highest BCUT2D eigenvalue weighted by Crippen LogP contribution is 2.31. The van der Waals surface area contributed by atoms with Gasteiger partial charge >= 0.3 is 0 Å². The quantitative estimate of drug-likeness (QED) is 0.542. The molecule has 0 spiro atoms. The molecular weight excluding hydrogens is 230 g/mol. The van der Waals surface area contributed by atoms with Crippen molar-refractivity contribution in [2.45, 2.75) is 90.0 Å². The van der Waals surface area contributed by atoms with Crippen LogP contribution >= 0.6 is 0 Å². The van der Waals surface area contributed by atoms with Crippen LogP contribution in [0.3, 0.4) is 0 Å². The largest absolute Gasteiger partial charge is 0.310 e. The van der Waals surface area contributed by atoms with E-state index in [1.165, 1.54) is 77.0 Å². The third kappa shape index (κ3) is 4.95. The van der Waals surface area contributed by atoms with E-state index in [1.54, 1.807) is 5.57 Å². The summed E-state index contributed by atoms with van der Waals surface area (Å²) in [6, 6.07) is 0.696. The summed E-state index contributed by atoms with van der Waals surface area (Å²) in [5.74, 6) is 0.910. The van der Waals surface area contributed by atoms with Gasteiger partial charge in [0, 0.05) is 6.04 Å². The molecule has 1 nitrogen and oxygen atoms in total. The van der Waals surface area contributed by atoms with E-state index in [0.29, 0.717) is 6.04 Å². The molecule has 19 heavy (non-hydrogen) atoms. The fourth-order valence-electron chi connectivity index (χ4n) is 3.96. The normalized spacial score (nSPS) is 25.0. The van der Waals surface area contributed by atoms with E-state index in [4.69, 9.17) is 0 Å². The van der Waals surface area contributed by atoms with Crippen LogP contribution in [0.4, 0.5) is 0 Å².